The zero-order valence-electron chi connectivity index (χ0n) is 31.7. The number of fused-ring (bicyclic) bond motifs is 2. The molecule has 1 aliphatic heterocycles. The summed E-state index contributed by atoms with van der Waals surface area (Å²) in [5, 5.41) is 0. The van der Waals surface area contributed by atoms with Crippen molar-refractivity contribution in [1.29, 1.82) is 0 Å². The third-order valence-electron chi connectivity index (χ3n) is 9.45. The van der Waals surface area contributed by atoms with Gasteiger partial charge in [0, 0.05) is 59.1 Å². The number of halogens is 6. The highest BCUT2D eigenvalue weighted by molar-refractivity contribution is 5.83. The second kappa shape index (κ2) is 17.7. The molecule has 0 N–H and O–H groups in total. The van der Waals surface area contributed by atoms with Crippen molar-refractivity contribution in [2.24, 2.45) is 0 Å². The molecular weight excluding hydrogens is 824 g/mol. The summed E-state index contributed by atoms with van der Waals surface area (Å²) in [4.78, 5) is 48.4. The number of hydrogen-bond acceptors (Lipinski definition) is 8. The molecule has 17 heteroatoms. The van der Waals surface area contributed by atoms with Crippen molar-refractivity contribution in [3.8, 4) is 50.9 Å². The second-order valence-corrected chi connectivity index (χ2v) is 13.5. The van der Waals surface area contributed by atoms with Crippen molar-refractivity contribution < 1.29 is 49.8 Å². The molecule has 324 valence electrons. The van der Waals surface area contributed by atoms with E-state index in [0.717, 1.165) is 46.5 Å². The van der Waals surface area contributed by atoms with E-state index in [-0.39, 0.29) is 49.9 Å². The van der Waals surface area contributed by atoms with E-state index >= 15 is 0 Å². The summed E-state index contributed by atoms with van der Waals surface area (Å²) >= 11 is 0. The molecule has 0 amide bonds. The highest BCUT2D eigenvalue weighted by atomic mass is 19.4. The molecule has 0 spiro atoms. The SMILES string of the molecule is C.C.CCn1c(=O)oc2cc(-c3cn(-c4ccc(OC(F)(F)F)cc4)c(=O)cc3C)ccc21.Cc1cc(=O)n(-c2ccc(OC(F)(F)F)cc2)cc1-c1ccc2c(c1)OC(=O)C2. The van der Waals surface area contributed by atoms with Gasteiger partial charge >= 0.3 is 24.5 Å². The number of aryl methyl sites for hydroxylation is 3. The Hall–Kier alpha value is -7.30. The molecule has 0 fully saturated rings. The number of oxazole rings is 1. The number of alkyl halides is 6. The van der Waals surface area contributed by atoms with E-state index in [1.807, 2.05) is 19.1 Å². The van der Waals surface area contributed by atoms with E-state index in [1.165, 1.54) is 50.1 Å². The highest BCUT2D eigenvalue weighted by Crippen LogP contribution is 2.33. The van der Waals surface area contributed by atoms with Gasteiger partial charge in [0.1, 0.15) is 17.2 Å². The molecule has 0 atom stereocenters. The Morgan fingerprint density at radius 2 is 1.10 bits per heavy atom. The maximum atomic E-state index is 12.5. The summed E-state index contributed by atoms with van der Waals surface area (Å²) in [6.45, 7) is 5.87. The van der Waals surface area contributed by atoms with Crippen LogP contribution < -0.4 is 31.1 Å². The Kier molecular flexibility index (Phi) is 13.1. The maximum absolute atomic E-state index is 12.5. The fourth-order valence-corrected chi connectivity index (χ4v) is 6.69. The zero-order valence-corrected chi connectivity index (χ0v) is 31.7. The first-order chi connectivity index (χ1) is 28.4. The van der Waals surface area contributed by atoms with Crippen LogP contribution in [0.4, 0.5) is 26.3 Å². The molecule has 7 aromatic rings. The summed E-state index contributed by atoms with van der Waals surface area (Å²) in [7, 11) is 0. The smallest absolute Gasteiger partial charge is 0.426 e. The molecule has 4 heterocycles. The molecule has 1 aliphatic rings. The van der Waals surface area contributed by atoms with Crippen LogP contribution in [0, 0.1) is 13.8 Å². The number of carbonyl (C=O) groups excluding carboxylic acids is 1. The summed E-state index contributed by atoms with van der Waals surface area (Å²) in [6, 6.07) is 23.6. The third-order valence-corrected chi connectivity index (χ3v) is 9.45. The van der Waals surface area contributed by atoms with Crippen LogP contribution in [-0.4, -0.2) is 32.4 Å². The molecule has 0 bridgehead atoms. The predicted molar refractivity (Wildman–Crippen MR) is 220 cm³/mol. The minimum absolute atomic E-state index is 0. The van der Waals surface area contributed by atoms with E-state index in [4.69, 9.17) is 9.15 Å². The number of hydrogen-bond donors (Lipinski definition) is 0. The summed E-state index contributed by atoms with van der Waals surface area (Å²) < 4.78 is 96.5. The maximum Gasteiger partial charge on any atom is 0.573 e. The van der Waals surface area contributed by atoms with E-state index in [9.17, 15) is 45.5 Å². The summed E-state index contributed by atoms with van der Waals surface area (Å²) in [6.07, 6.45) is -6.14. The fourth-order valence-electron chi connectivity index (χ4n) is 6.69. The van der Waals surface area contributed by atoms with Gasteiger partial charge in [-0.2, -0.15) is 0 Å². The normalized spacial score (nSPS) is 12.0. The Balaban J connectivity index is 0.000000227. The van der Waals surface area contributed by atoms with Crippen LogP contribution >= 0.6 is 0 Å². The average Bonchev–Trinajstić information content (AvgIpc) is 3.71. The fraction of sp³-hybridized carbons (Fsp3) is 0.200. The number of pyridine rings is 2. The van der Waals surface area contributed by atoms with Crippen LogP contribution in [0.25, 0.3) is 44.7 Å². The lowest BCUT2D eigenvalue weighted by Crippen LogP contribution is -2.19. The van der Waals surface area contributed by atoms with Crippen LogP contribution in [0.15, 0.2) is 128 Å². The number of ether oxygens (including phenoxy) is 3. The van der Waals surface area contributed by atoms with Crippen molar-refractivity contribution in [3.63, 3.8) is 0 Å². The molecular formula is C45H39F6N3O8. The number of carbonyl (C=O) groups is 1. The molecule has 8 rings (SSSR count). The molecule has 11 nitrogen and oxygen atoms in total. The number of benzene rings is 4. The van der Waals surface area contributed by atoms with Crippen LogP contribution in [0.2, 0.25) is 0 Å². The van der Waals surface area contributed by atoms with E-state index in [1.54, 1.807) is 50.5 Å². The number of aromatic nitrogens is 3. The summed E-state index contributed by atoms with van der Waals surface area (Å²) in [5.74, 6) is -1.03. The van der Waals surface area contributed by atoms with Gasteiger partial charge in [-0.25, -0.2) is 4.79 Å². The van der Waals surface area contributed by atoms with Crippen molar-refractivity contribution >= 4 is 17.1 Å². The standard InChI is InChI=1S/C22H17F3N2O4.C21H14F3NO4.2CH4/c1-3-26-18-9-4-14(11-19(18)30-21(26)29)17-12-27(20(28)10-13(17)2)15-5-7-16(8-6-15)31-22(23,24)25;1-12-8-19(26)25(15-4-6-16(7-5-15)29-21(22,23)24)11-17(12)13-2-3-14-10-20(27)28-18(14)9-13;;/h4-12H,3H2,1-2H3;2-9,11H,10H2,1H3;2*1H4. The van der Waals surface area contributed by atoms with Gasteiger partial charge in [-0.15, -0.1) is 26.3 Å². The van der Waals surface area contributed by atoms with E-state index in [0.29, 0.717) is 51.5 Å². The van der Waals surface area contributed by atoms with Crippen molar-refractivity contribution in [2.75, 3.05) is 0 Å². The Morgan fingerprint density at radius 1 is 0.629 bits per heavy atom. The lowest BCUT2D eigenvalue weighted by atomic mass is 10.0. The Bertz CT molecular complexity index is 2940. The van der Waals surface area contributed by atoms with Crippen LogP contribution in [0.5, 0.6) is 17.2 Å². The Labute approximate surface area is 349 Å². The first-order valence-electron chi connectivity index (χ1n) is 18.0. The van der Waals surface area contributed by atoms with Gasteiger partial charge < -0.3 is 18.6 Å². The van der Waals surface area contributed by atoms with E-state index in [2.05, 4.69) is 9.47 Å². The second-order valence-electron chi connectivity index (χ2n) is 13.5. The molecule has 0 unspecified atom stereocenters. The largest absolute Gasteiger partial charge is 0.573 e. The van der Waals surface area contributed by atoms with Crippen molar-refractivity contribution in [3.05, 3.63) is 157 Å². The Morgan fingerprint density at radius 3 is 1.56 bits per heavy atom. The van der Waals surface area contributed by atoms with E-state index < -0.39 is 18.5 Å². The number of nitrogens with zero attached hydrogens (tertiary/aromatic N) is 3. The molecule has 62 heavy (non-hydrogen) atoms. The number of rotatable bonds is 7. The van der Waals surface area contributed by atoms with Gasteiger partial charge in [0.05, 0.1) is 11.9 Å². The first-order valence-corrected chi connectivity index (χ1v) is 18.0. The number of esters is 1. The summed E-state index contributed by atoms with van der Waals surface area (Å²) in [5.41, 5.74) is 6.33. The van der Waals surface area contributed by atoms with Gasteiger partial charge in [-0.3, -0.25) is 28.1 Å². The minimum atomic E-state index is -4.79. The van der Waals surface area contributed by atoms with Crippen LogP contribution in [-0.2, 0) is 17.8 Å². The van der Waals surface area contributed by atoms with Crippen molar-refractivity contribution in [2.45, 2.75) is 61.3 Å². The van der Waals surface area contributed by atoms with Crippen LogP contribution in [0.1, 0.15) is 38.5 Å². The molecule has 0 radical (unpaired) electrons. The molecule has 0 saturated heterocycles. The van der Waals surface area contributed by atoms with Gasteiger partial charge in [0.15, 0.2) is 5.58 Å². The van der Waals surface area contributed by atoms with Gasteiger partial charge in [0.2, 0.25) is 0 Å². The minimum Gasteiger partial charge on any atom is -0.426 e. The monoisotopic (exact) mass is 863 g/mol. The third kappa shape index (κ3) is 10.00. The van der Waals surface area contributed by atoms with Gasteiger partial charge in [-0.1, -0.05) is 33.1 Å². The van der Waals surface area contributed by atoms with Crippen molar-refractivity contribution in [1.82, 2.24) is 13.7 Å². The quantitative estimate of drug-likeness (QED) is 0.0882. The predicted octanol–water partition coefficient (Wildman–Crippen LogP) is 10.1. The van der Waals surface area contributed by atoms with Gasteiger partial charge in [0.25, 0.3) is 11.1 Å². The molecule has 0 saturated carbocycles. The molecule has 4 aromatic carbocycles. The van der Waals surface area contributed by atoms with Gasteiger partial charge in [-0.05, 0) is 110 Å². The lowest BCUT2D eigenvalue weighted by Gasteiger charge is -2.13. The first kappa shape index (κ1) is 45.8. The van der Waals surface area contributed by atoms with Crippen LogP contribution in [0.3, 0.4) is 0 Å². The average molecular weight is 864 g/mol. The molecule has 3 aromatic heterocycles. The lowest BCUT2D eigenvalue weighted by molar-refractivity contribution is -0.275. The zero-order chi connectivity index (χ0) is 43.1. The molecule has 0 aliphatic carbocycles. The topological polar surface area (TPSA) is 124 Å². The highest BCUT2D eigenvalue weighted by Gasteiger charge is 2.32.